The molecule has 0 aliphatic carbocycles. The molecule has 0 N–H and O–H groups in total. The second-order valence-electron chi connectivity index (χ2n) is 3.07. The molecule has 0 spiro atoms. The van der Waals surface area contributed by atoms with Crippen LogP contribution in [0.2, 0.25) is 0 Å². The van der Waals surface area contributed by atoms with E-state index in [9.17, 15) is 0 Å². The normalized spacial score (nSPS) is 29.5. The van der Waals surface area contributed by atoms with E-state index in [1.165, 1.54) is 17.7 Å². The summed E-state index contributed by atoms with van der Waals surface area (Å²) in [6, 6.07) is 4.23. The minimum absolute atomic E-state index is 0.392. The molecule has 1 fully saturated rings. The van der Waals surface area contributed by atoms with Gasteiger partial charge >= 0.3 is 0 Å². The van der Waals surface area contributed by atoms with Crippen LogP contribution in [-0.2, 0) is 4.75 Å². The zero-order valence-corrected chi connectivity index (χ0v) is 7.40. The van der Waals surface area contributed by atoms with Crippen LogP contribution in [0.25, 0.3) is 0 Å². The third-order valence-electron chi connectivity index (χ3n) is 2.29. The second kappa shape index (κ2) is 2.52. The van der Waals surface area contributed by atoms with Crippen molar-refractivity contribution in [3.63, 3.8) is 0 Å². The lowest BCUT2D eigenvalue weighted by molar-refractivity contribution is 0.625. The van der Waals surface area contributed by atoms with E-state index in [1.807, 2.05) is 24.2 Å². The predicted molar refractivity (Wildman–Crippen MR) is 48.7 cm³/mol. The number of aromatic nitrogens is 1. The minimum atomic E-state index is 0.392. The molecule has 1 aromatic heterocycles. The maximum atomic E-state index is 4.01. The van der Waals surface area contributed by atoms with Crippen molar-refractivity contribution in [1.29, 1.82) is 0 Å². The summed E-state index contributed by atoms with van der Waals surface area (Å²) < 4.78 is 0.392. The fraction of sp³-hybridized carbons (Fsp3) is 0.444. The van der Waals surface area contributed by atoms with Gasteiger partial charge in [-0.25, -0.2) is 0 Å². The highest BCUT2D eigenvalue weighted by Gasteiger charge is 2.34. The Morgan fingerprint density at radius 2 is 2.09 bits per heavy atom. The molecule has 1 atom stereocenters. The Labute approximate surface area is 71.2 Å². The quantitative estimate of drug-likeness (QED) is 0.634. The standard InChI is InChI=1S/C9H11NS/c1-9(4-7-11-9)8-2-5-10-6-3-8/h2-3,5-6H,4,7H2,1H3. The van der Waals surface area contributed by atoms with Crippen LogP contribution in [0, 0.1) is 0 Å². The lowest BCUT2D eigenvalue weighted by Gasteiger charge is -2.37. The molecular weight excluding hydrogens is 154 g/mol. The van der Waals surface area contributed by atoms with E-state index in [-0.39, 0.29) is 0 Å². The molecular formula is C9H11NS. The summed E-state index contributed by atoms with van der Waals surface area (Å²) in [7, 11) is 0. The maximum absolute atomic E-state index is 4.01. The molecule has 0 radical (unpaired) electrons. The topological polar surface area (TPSA) is 12.9 Å². The summed E-state index contributed by atoms with van der Waals surface area (Å²) in [6.07, 6.45) is 5.06. The first kappa shape index (κ1) is 7.17. The number of pyridine rings is 1. The first-order valence-corrected chi connectivity index (χ1v) is 4.84. The van der Waals surface area contributed by atoms with E-state index in [0.29, 0.717) is 4.75 Å². The van der Waals surface area contributed by atoms with Gasteiger partial charge in [0.25, 0.3) is 0 Å². The van der Waals surface area contributed by atoms with Crippen molar-refractivity contribution in [2.45, 2.75) is 18.1 Å². The van der Waals surface area contributed by atoms with Gasteiger partial charge in [-0.15, -0.1) is 0 Å². The molecule has 0 aromatic carbocycles. The number of nitrogens with zero attached hydrogens (tertiary/aromatic N) is 1. The van der Waals surface area contributed by atoms with Crippen LogP contribution < -0.4 is 0 Å². The second-order valence-corrected chi connectivity index (χ2v) is 4.66. The highest BCUT2D eigenvalue weighted by atomic mass is 32.2. The summed E-state index contributed by atoms with van der Waals surface area (Å²) in [5, 5.41) is 0. The lowest BCUT2D eigenvalue weighted by atomic mass is 9.98. The molecule has 58 valence electrons. The largest absolute Gasteiger partial charge is 0.265 e. The Hall–Kier alpha value is -0.500. The highest BCUT2D eigenvalue weighted by Crippen LogP contribution is 2.48. The lowest BCUT2D eigenvalue weighted by Crippen LogP contribution is -2.27. The summed E-state index contributed by atoms with van der Waals surface area (Å²) in [4.78, 5) is 4.01. The molecule has 0 amide bonds. The molecule has 1 nitrogen and oxygen atoms in total. The Kier molecular flexibility index (Phi) is 1.64. The molecule has 0 bridgehead atoms. The van der Waals surface area contributed by atoms with Crippen LogP contribution in [0.15, 0.2) is 24.5 Å². The molecule has 1 aliphatic rings. The van der Waals surface area contributed by atoms with Gasteiger partial charge in [-0.3, -0.25) is 4.98 Å². The summed E-state index contributed by atoms with van der Waals surface area (Å²) in [6.45, 7) is 2.30. The molecule has 0 saturated carbocycles. The van der Waals surface area contributed by atoms with Gasteiger partial charge in [0.05, 0.1) is 0 Å². The van der Waals surface area contributed by atoms with Crippen molar-refractivity contribution < 1.29 is 0 Å². The van der Waals surface area contributed by atoms with Crippen molar-refractivity contribution in [3.05, 3.63) is 30.1 Å². The Morgan fingerprint density at radius 3 is 2.55 bits per heavy atom. The van der Waals surface area contributed by atoms with E-state index in [0.717, 1.165) is 0 Å². The van der Waals surface area contributed by atoms with Gasteiger partial charge in [0, 0.05) is 17.1 Å². The van der Waals surface area contributed by atoms with Gasteiger partial charge in [0.1, 0.15) is 0 Å². The van der Waals surface area contributed by atoms with Gasteiger partial charge in [-0.2, -0.15) is 11.8 Å². The number of hydrogen-bond donors (Lipinski definition) is 0. The molecule has 11 heavy (non-hydrogen) atoms. The van der Waals surface area contributed by atoms with E-state index in [1.54, 1.807) is 0 Å². The molecule has 1 aromatic rings. The number of thioether (sulfide) groups is 1. The van der Waals surface area contributed by atoms with E-state index >= 15 is 0 Å². The third-order valence-corrected chi connectivity index (χ3v) is 3.78. The Bertz CT molecular complexity index is 241. The zero-order valence-electron chi connectivity index (χ0n) is 6.58. The van der Waals surface area contributed by atoms with Gasteiger partial charge < -0.3 is 0 Å². The van der Waals surface area contributed by atoms with Gasteiger partial charge in [0.15, 0.2) is 0 Å². The van der Waals surface area contributed by atoms with Gasteiger partial charge in [0.2, 0.25) is 0 Å². The van der Waals surface area contributed by atoms with Crippen molar-refractivity contribution >= 4 is 11.8 Å². The van der Waals surface area contributed by atoms with Gasteiger partial charge in [-0.05, 0) is 36.8 Å². The predicted octanol–water partition coefficient (Wildman–Crippen LogP) is 2.43. The van der Waals surface area contributed by atoms with Crippen molar-refractivity contribution in [2.75, 3.05) is 5.75 Å². The fourth-order valence-corrected chi connectivity index (χ4v) is 2.46. The first-order chi connectivity index (χ1) is 5.31. The molecule has 2 rings (SSSR count). The van der Waals surface area contributed by atoms with Crippen LogP contribution in [0.3, 0.4) is 0 Å². The fourth-order valence-electron chi connectivity index (χ4n) is 1.34. The van der Waals surface area contributed by atoms with Crippen molar-refractivity contribution in [3.8, 4) is 0 Å². The minimum Gasteiger partial charge on any atom is -0.265 e. The van der Waals surface area contributed by atoms with Crippen LogP contribution in [-0.4, -0.2) is 10.7 Å². The zero-order chi connectivity index (χ0) is 7.73. The van der Waals surface area contributed by atoms with Crippen LogP contribution in [0.4, 0.5) is 0 Å². The summed E-state index contributed by atoms with van der Waals surface area (Å²) in [5.74, 6) is 1.30. The van der Waals surface area contributed by atoms with E-state index in [2.05, 4.69) is 24.0 Å². The molecule has 2 heterocycles. The van der Waals surface area contributed by atoms with Crippen molar-refractivity contribution in [2.24, 2.45) is 0 Å². The number of hydrogen-bond acceptors (Lipinski definition) is 2. The van der Waals surface area contributed by atoms with Gasteiger partial charge in [-0.1, -0.05) is 0 Å². The average molecular weight is 165 g/mol. The Morgan fingerprint density at radius 1 is 1.45 bits per heavy atom. The monoisotopic (exact) mass is 165 g/mol. The summed E-state index contributed by atoms with van der Waals surface area (Å²) >= 11 is 2.03. The maximum Gasteiger partial charge on any atom is 0.0389 e. The third kappa shape index (κ3) is 1.16. The van der Waals surface area contributed by atoms with Crippen molar-refractivity contribution in [1.82, 2.24) is 4.98 Å². The van der Waals surface area contributed by atoms with E-state index in [4.69, 9.17) is 0 Å². The van der Waals surface area contributed by atoms with E-state index < -0.39 is 0 Å². The van der Waals surface area contributed by atoms with Crippen LogP contribution in [0.5, 0.6) is 0 Å². The Balaban J connectivity index is 2.29. The molecule has 1 unspecified atom stereocenters. The average Bonchev–Trinajstić information content (AvgIpc) is 2.02. The highest BCUT2D eigenvalue weighted by molar-refractivity contribution is 8.01. The smallest absolute Gasteiger partial charge is 0.0389 e. The SMILES string of the molecule is CC1(c2ccncc2)CCS1. The molecule has 1 aliphatic heterocycles. The summed E-state index contributed by atoms with van der Waals surface area (Å²) in [5.41, 5.74) is 1.42. The van der Waals surface area contributed by atoms with Crippen LogP contribution in [0.1, 0.15) is 18.9 Å². The number of rotatable bonds is 1. The van der Waals surface area contributed by atoms with Crippen LogP contribution >= 0.6 is 11.8 Å². The first-order valence-electron chi connectivity index (χ1n) is 3.86. The molecule has 2 heteroatoms. The molecule has 1 saturated heterocycles.